The second-order valence-electron chi connectivity index (χ2n) is 4.81. The van der Waals surface area contributed by atoms with E-state index in [0.29, 0.717) is 5.41 Å². The SMILES string of the molecule is CCNCCC(C)(C)c1cc(C)sc1C. The van der Waals surface area contributed by atoms with Gasteiger partial charge < -0.3 is 5.32 Å². The van der Waals surface area contributed by atoms with E-state index in [0.717, 1.165) is 13.1 Å². The maximum absolute atomic E-state index is 3.40. The third-order valence-electron chi connectivity index (χ3n) is 2.95. The molecule has 1 aromatic rings. The average molecular weight is 225 g/mol. The van der Waals surface area contributed by atoms with Crippen LogP contribution in [0.4, 0.5) is 0 Å². The lowest BCUT2D eigenvalue weighted by Gasteiger charge is -2.25. The summed E-state index contributed by atoms with van der Waals surface area (Å²) in [6.07, 6.45) is 1.21. The van der Waals surface area contributed by atoms with Gasteiger partial charge in [-0.15, -0.1) is 11.3 Å². The van der Waals surface area contributed by atoms with E-state index in [-0.39, 0.29) is 0 Å². The largest absolute Gasteiger partial charge is 0.317 e. The zero-order chi connectivity index (χ0) is 11.5. The summed E-state index contributed by atoms with van der Waals surface area (Å²) in [6, 6.07) is 2.35. The van der Waals surface area contributed by atoms with E-state index >= 15 is 0 Å². The van der Waals surface area contributed by atoms with Crippen LogP contribution in [0, 0.1) is 13.8 Å². The van der Waals surface area contributed by atoms with E-state index in [1.807, 2.05) is 11.3 Å². The van der Waals surface area contributed by atoms with Gasteiger partial charge in [0.2, 0.25) is 0 Å². The van der Waals surface area contributed by atoms with Crippen molar-refractivity contribution in [3.63, 3.8) is 0 Å². The Kier molecular flexibility index (Phi) is 4.35. The Morgan fingerprint density at radius 3 is 2.47 bits per heavy atom. The lowest BCUT2D eigenvalue weighted by Crippen LogP contribution is -2.25. The van der Waals surface area contributed by atoms with Gasteiger partial charge in [-0.25, -0.2) is 0 Å². The molecule has 0 saturated carbocycles. The van der Waals surface area contributed by atoms with Crippen LogP contribution < -0.4 is 5.32 Å². The van der Waals surface area contributed by atoms with Gasteiger partial charge in [0.05, 0.1) is 0 Å². The molecule has 1 rings (SSSR count). The summed E-state index contributed by atoms with van der Waals surface area (Å²) in [5.74, 6) is 0. The van der Waals surface area contributed by atoms with Crippen LogP contribution in [-0.4, -0.2) is 13.1 Å². The van der Waals surface area contributed by atoms with Crippen molar-refractivity contribution in [2.24, 2.45) is 0 Å². The third kappa shape index (κ3) is 3.32. The van der Waals surface area contributed by atoms with Crippen LogP contribution >= 0.6 is 11.3 Å². The molecule has 0 aliphatic carbocycles. The monoisotopic (exact) mass is 225 g/mol. The molecule has 0 atom stereocenters. The first kappa shape index (κ1) is 12.7. The second kappa shape index (κ2) is 5.13. The molecule has 0 aliphatic rings. The first-order valence-corrected chi connectivity index (χ1v) is 6.57. The van der Waals surface area contributed by atoms with Gasteiger partial charge in [-0.05, 0) is 50.4 Å². The molecule has 1 heterocycles. The Hall–Kier alpha value is -0.340. The smallest absolute Gasteiger partial charge is 0.00544 e. The van der Waals surface area contributed by atoms with Crippen molar-refractivity contribution >= 4 is 11.3 Å². The highest BCUT2D eigenvalue weighted by molar-refractivity contribution is 7.12. The minimum absolute atomic E-state index is 0.303. The van der Waals surface area contributed by atoms with Gasteiger partial charge in [-0.2, -0.15) is 0 Å². The third-order valence-corrected chi connectivity index (χ3v) is 3.91. The molecule has 0 radical (unpaired) electrons. The molecular formula is C13H23NS. The van der Waals surface area contributed by atoms with E-state index in [1.54, 1.807) is 0 Å². The summed E-state index contributed by atoms with van der Waals surface area (Å²) in [6.45, 7) is 13.5. The quantitative estimate of drug-likeness (QED) is 0.754. The molecule has 0 amide bonds. The van der Waals surface area contributed by atoms with E-state index in [9.17, 15) is 0 Å². The molecule has 15 heavy (non-hydrogen) atoms. The van der Waals surface area contributed by atoms with Crippen LogP contribution in [0.5, 0.6) is 0 Å². The fourth-order valence-electron chi connectivity index (χ4n) is 2.02. The van der Waals surface area contributed by atoms with Gasteiger partial charge in [0.25, 0.3) is 0 Å². The highest BCUT2D eigenvalue weighted by Gasteiger charge is 2.23. The Balaban J connectivity index is 2.71. The van der Waals surface area contributed by atoms with E-state index < -0.39 is 0 Å². The minimum Gasteiger partial charge on any atom is -0.317 e. The average Bonchev–Trinajstić information content (AvgIpc) is 2.46. The number of rotatable bonds is 5. The maximum atomic E-state index is 3.40. The first-order chi connectivity index (χ1) is 6.97. The molecule has 0 fully saturated rings. The van der Waals surface area contributed by atoms with Crippen LogP contribution in [0.3, 0.4) is 0 Å². The predicted molar refractivity (Wildman–Crippen MR) is 70.0 cm³/mol. The summed E-state index contributed by atoms with van der Waals surface area (Å²) in [4.78, 5) is 2.91. The second-order valence-corrected chi connectivity index (χ2v) is 6.27. The van der Waals surface area contributed by atoms with Crippen LogP contribution in [0.25, 0.3) is 0 Å². The molecule has 0 saturated heterocycles. The van der Waals surface area contributed by atoms with Gasteiger partial charge in [-0.1, -0.05) is 20.8 Å². The standard InChI is InChI=1S/C13H23NS/c1-6-14-8-7-13(4,5)12-9-10(2)15-11(12)3/h9,14H,6-8H2,1-5H3. The normalized spacial score (nSPS) is 12.1. The van der Waals surface area contributed by atoms with Crippen LogP contribution in [0.2, 0.25) is 0 Å². The van der Waals surface area contributed by atoms with Gasteiger partial charge in [-0.3, -0.25) is 0 Å². The van der Waals surface area contributed by atoms with Crippen molar-refractivity contribution in [1.29, 1.82) is 0 Å². The summed E-state index contributed by atoms with van der Waals surface area (Å²) in [7, 11) is 0. The molecule has 0 unspecified atom stereocenters. The summed E-state index contributed by atoms with van der Waals surface area (Å²) >= 11 is 1.91. The Labute approximate surface area is 97.9 Å². The topological polar surface area (TPSA) is 12.0 Å². The molecule has 86 valence electrons. The Bertz CT molecular complexity index is 312. The van der Waals surface area contributed by atoms with E-state index in [1.165, 1.54) is 21.7 Å². The van der Waals surface area contributed by atoms with Crippen molar-refractivity contribution in [2.45, 2.75) is 46.5 Å². The molecular weight excluding hydrogens is 202 g/mol. The number of aryl methyl sites for hydroxylation is 2. The molecule has 0 spiro atoms. The van der Waals surface area contributed by atoms with Crippen molar-refractivity contribution in [3.05, 3.63) is 21.4 Å². The number of hydrogen-bond acceptors (Lipinski definition) is 2. The van der Waals surface area contributed by atoms with E-state index in [4.69, 9.17) is 0 Å². The Morgan fingerprint density at radius 1 is 1.33 bits per heavy atom. The van der Waals surface area contributed by atoms with Crippen molar-refractivity contribution in [3.8, 4) is 0 Å². The molecule has 0 aromatic carbocycles. The zero-order valence-corrected chi connectivity index (χ0v) is 11.4. The van der Waals surface area contributed by atoms with Gasteiger partial charge in [0.15, 0.2) is 0 Å². The highest BCUT2D eigenvalue weighted by atomic mass is 32.1. The van der Waals surface area contributed by atoms with Crippen molar-refractivity contribution in [2.75, 3.05) is 13.1 Å². The number of thiophene rings is 1. The van der Waals surface area contributed by atoms with Crippen LogP contribution in [0.1, 0.15) is 42.5 Å². The maximum Gasteiger partial charge on any atom is 0.00544 e. The van der Waals surface area contributed by atoms with Crippen LogP contribution in [-0.2, 0) is 5.41 Å². The van der Waals surface area contributed by atoms with Crippen molar-refractivity contribution < 1.29 is 0 Å². The van der Waals surface area contributed by atoms with Crippen LogP contribution in [0.15, 0.2) is 6.07 Å². The zero-order valence-electron chi connectivity index (χ0n) is 10.6. The fourth-order valence-corrected chi connectivity index (χ4v) is 3.12. The lowest BCUT2D eigenvalue weighted by atomic mass is 9.81. The van der Waals surface area contributed by atoms with Gasteiger partial charge in [0.1, 0.15) is 0 Å². The summed E-state index contributed by atoms with van der Waals surface area (Å²) in [5, 5.41) is 3.40. The first-order valence-electron chi connectivity index (χ1n) is 5.75. The van der Waals surface area contributed by atoms with Crippen molar-refractivity contribution in [1.82, 2.24) is 5.32 Å². The summed E-state index contributed by atoms with van der Waals surface area (Å²) < 4.78 is 0. The molecule has 0 bridgehead atoms. The predicted octanol–water partition coefficient (Wildman–Crippen LogP) is 3.64. The highest BCUT2D eigenvalue weighted by Crippen LogP contribution is 2.34. The molecule has 0 aliphatic heterocycles. The number of nitrogens with one attached hydrogen (secondary N) is 1. The fraction of sp³-hybridized carbons (Fsp3) is 0.692. The van der Waals surface area contributed by atoms with E-state index in [2.05, 4.69) is 46.0 Å². The minimum atomic E-state index is 0.303. The molecule has 2 heteroatoms. The van der Waals surface area contributed by atoms with Gasteiger partial charge >= 0.3 is 0 Å². The molecule has 1 nitrogen and oxygen atoms in total. The number of hydrogen-bond donors (Lipinski definition) is 1. The lowest BCUT2D eigenvalue weighted by molar-refractivity contribution is 0.460. The molecule has 1 aromatic heterocycles. The molecule has 1 N–H and O–H groups in total. The Morgan fingerprint density at radius 2 is 2.00 bits per heavy atom. The van der Waals surface area contributed by atoms with Gasteiger partial charge in [0, 0.05) is 9.75 Å². The summed E-state index contributed by atoms with van der Waals surface area (Å²) in [5.41, 5.74) is 1.83.